The lowest BCUT2D eigenvalue weighted by Crippen LogP contribution is -2.17. The standard InChI is InChI=1S/C22H22ClN3O/c1-14-8-9-21(15(2)10-14)26-16(3)11-19(17(26)4)13-24-25-22(27)18-6-5-7-20(23)12-18/h5-13H,1-4H3,(H,25,27)/b24-13-. The molecule has 5 heteroatoms. The van der Waals surface area contributed by atoms with Crippen LogP contribution in [-0.2, 0) is 0 Å². The van der Waals surface area contributed by atoms with Crippen molar-refractivity contribution in [1.29, 1.82) is 0 Å². The first-order valence-electron chi connectivity index (χ1n) is 8.72. The van der Waals surface area contributed by atoms with Crippen molar-refractivity contribution >= 4 is 23.7 Å². The predicted octanol–water partition coefficient (Wildman–Crippen LogP) is 5.13. The molecule has 0 aliphatic rings. The summed E-state index contributed by atoms with van der Waals surface area (Å²) < 4.78 is 2.20. The molecule has 0 atom stereocenters. The Hall–Kier alpha value is -2.85. The Morgan fingerprint density at radius 2 is 1.85 bits per heavy atom. The molecule has 4 nitrogen and oxygen atoms in total. The van der Waals surface area contributed by atoms with Crippen molar-refractivity contribution in [2.75, 3.05) is 0 Å². The van der Waals surface area contributed by atoms with E-state index >= 15 is 0 Å². The first kappa shape index (κ1) is 18.9. The van der Waals surface area contributed by atoms with E-state index in [0.717, 1.165) is 22.6 Å². The Morgan fingerprint density at radius 3 is 2.56 bits per heavy atom. The van der Waals surface area contributed by atoms with Gasteiger partial charge < -0.3 is 4.57 Å². The second-order valence-corrected chi connectivity index (χ2v) is 7.10. The second-order valence-electron chi connectivity index (χ2n) is 6.66. The van der Waals surface area contributed by atoms with Crippen molar-refractivity contribution in [3.05, 3.63) is 87.2 Å². The van der Waals surface area contributed by atoms with Gasteiger partial charge in [-0.05, 0) is 63.6 Å². The van der Waals surface area contributed by atoms with Gasteiger partial charge in [0.2, 0.25) is 0 Å². The van der Waals surface area contributed by atoms with Gasteiger partial charge in [0.25, 0.3) is 5.91 Å². The molecule has 0 radical (unpaired) electrons. The molecule has 1 heterocycles. The van der Waals surface area contributed by atoms with Gasteiger partial charge in [-0.15, -0.1) is 0 Å². The van der Waals surface area contributed by atoms with Gasteiger partial charge in [-0.1, -0.05) is 35.4 Å². The number of carbonyl (C=O) groups excluding carboxylic acids is 1. The molecular weight excluding hydrogens is 358 g/mol. The van der Waals surface area contributed by atoms with Gasteiger partial charge in [0.05, 0.1) is 6.21 Å². The quantitative estimate of drug-likeness (QED) is 0.495. The lowest BCUT2D eigenvalue weighted by atomic mass is 10.1. The molecule has 1 aromatic heterocycles. The van der Waals surface area contributed by atoms with Crippen molar-refractivity contribution in [2.45, 2.75) is 27.7 Å². The van der Waals surface area contributed by atoms with Crippen molar-refractivity contribution in [3.8, 4) is 5.69 Å². The SMILES string of the molecule is Cc1ccc(-n2c(C)cc(/C=N\NC(=O)c3cccc(Cl)c3)c2C)c(C)c1. The van der Waals surface area contributed by atoms with Crippen LogP contribution in [0.5, 0.6) is 0 Å². The van der Waals surface area contributed by atoms with Crippen molar-refractivity contribution in [3.63, 3.8) is 0 Å². The Labute approximate surface area is 164 Å². The van der Waals surface area contributed by atoms with Crippen LogP contribution in [0.1, 0.15) is 38.4 Å². The smallest absolute Gasteiger partial charge is 0.271 e. The molecule has 0 aliphatic heterocycles. The van der Waals surface area contributed by atoms with Gasteiger partial charge in [-0.3, -0.25) is 4.79 Å². The number of amides is 1. The third-order valence-electron chi connectivity index (χ3n) is 4.52. The summed E-state index contributed by atoms with van der Waals surface area (Å²) in [6.07, 6.45) is 1.67. The Bertz CT molecular complexity index is 1030. The average molecular weight is 380 g/mol. The molecule has 3 rings (SSSR count). The molecule has 0 bridgehead atoms. The molecule has 0 unspecified atom stereocenters. The minimum atomic E-state index is -0.295. The minimum absolute atomic E-state index is 0.295. The third-order valence-corrected chi connectivity index (χ3v) is 4.76. The van der Waals surface area contributed by atoms with Crippen LogP contribution in [0.4, 0.5) is 0 Å². The van der Waals surface area contributed by atoms with E-state index in [1.165, 1.54) is 11.1 Å². The maximum Gasteiger partial charge on any atom is 0.271 e. The highest BCUT2D eigenvalue weighted by Gasteiger charge is 2.11. The molecule has 27 heavy (non-hydrogen) atoms. The maximum atomic E-state index is 12.2. The number of aromatic nitrogens is 1. The first-order valence-corrected chi connectivity index (χ1v) is 9.10. The highest BCUT2D eigenvalue weighted by Crippen LogP contribution is 2.23. The van der Waals surface area contributed by atoms with Crippen LogP contribution in [0.3, 0.4) is 0 Å². The number of hydrogen-bond acceptors (Lipinski definition) is 2. The van der Waals surface area contributed by atoms with Gasteiger partial charge in [-0.2, -0.15) is 5.10 Å². The molecule has 1 N–H and O–H groups in total. The van der Waals surface area contributed by atoms with E-state index in [9.17, 15) is 4.79 Å². The number of nitrogens with one attached hydrogen (secondary N) is 1. The summed E-state index contributed by atoms with van der Waals surface area (Å²) in [5, 5.41) is 4.63. The van der Waals surface area contributed by atoms with E-state index in [4.69, 9.17) is 11.6 Å². The lowest BCUT2D eigenvalue weighted by Gasteiger charge is -2.13. The zero-order valence-corrected chi connectivity index (χ0v) is 16.6. The largest absolute Gasteiger partial charge is 0.318 e. The van der Waals surface area contributed by atoms with E-state index in [1.54, 1.807) is 30.5 Å². The van der Waals surface area contributed by atoms with Crippen LogP contribution in [-0.4, -0.2) is 16.7 Å². The molecule has 1 amide bonds. The second kappa shape index (κ2) is 7.80. The van der Waals surface area contributed by atoms with E-state index in [-0.39, 0.29) is 5.91 Å². The van der Waals surface area contributed by atoms with E-state index in [2.05, 4.69) is 60.1 Å². The maximum absolute atomic E-state index is 12.2. The summed E-state index contributed by atoms with van der Waals surface area (Å²) in [5.41, 5.74) is 9.77. The summed E-state index contributed by atoms with van der Waals surface area (Å²) in [6.45, 7) is 8.31. The van der Waals surface area contributed by atoms with Crippen LogP contribution in [0, 0.1) is 27.7 Å². The van der Waals surface area contributed by atoms with Gasteiger partial charge in [0.1, 0.15) is 0 Å². The van der Waals surface area contributed by atoms with Crippen LogP contribution in [0.25, 0.3) is 5.69 Å². The monoisotopic (exact) mass is 379 g/mol. The number of aryl methyl sites for hydroxylation is 3. The number of hydrogen-bond donors (Lipinski definition) is 1. The number of hydrazone groups is 1. The van der Waals surface area contributed by atoms with E-state index in [0.29, 0.717) is 10.6 Å². The molecule has 3 aromatic rings. The van der Waals surface area contributed by atoms with Crippen LogP contribution >= 0.6 is 11.6 Å². The van der Waals surface area contributed by atoms with Gasteiger partial charge in [0.15, 0.2) is 0 Å². The molecular formula is C22H22ClN3O. The molecule has 0 fully saturated rings. The Balaban J connectivity index is 1.82. The van der Waals surface area contributed by atoms with E-state index in [1.807, 2.05) is 6.92 Å². The number of benzene rings is 2. The predicted molar refractivity (Wildman–Crippen MR) is 111 cm³/mol. The van der Waals surface area contributed by atoms with Crippen LogP contribution < -0.4 is 5.43 Å². The summed E-state index contributed by atoms with van der Waals surface area (Å²) in [4.78, 5) is 12.2. The van der Waals surface area contributed by atoms with Gasteiger partial charge in [-0.25, -0.2) is 5.43 Å². The zero-order chi connectivity index (χ0) is 19.6. The molecule has 0 saturated carbocycles. The van der Waals surface area contributed by atoms with Crippen LogP contribution in [0.15, 0.2) is 53.6 Å². The summed E-state index contributed by atoms with van der Waals surface area (Å²) >= 11 is 5.92. The molecule has 0 saturated heterocycles. The topological polar surface area (TPSA) is 46.4 Å². The van der Waals surface area contributed by atoms with Crippen LogP contribution in [0.2, 0.25) is 5.02 Å². The van der Waals surface area contributed by atoms with Gasteiger partial charge >= 0.3 is 0 Å². The summed E-state index contributed by atoms with van der Waals surface area (Å²) in [5.74, 6) is -0.295. The lowest BCUT2D eigenvalue weighted by molar-refractivity contribution is 0.0955. The molecule has 2 aromatic carbocycles. The van der Waals surface area contributed by atoms with E-state index < -0.39 is 0 Å². The number of carbonyl (C=O) groups is 1. The zero-order valence-electron chi connectivity index (χ0n) is 15.9. The molecule has 0 aliphatic carbocycles. The van der Waals surface area contributed by atoms with Crippen molar-refractivity contribution in [2.24, 2.45) is 5.10 Å². The number of nitrogens with zero attached hydrogens (tertiary/aromatic N) is 2. The first-order chi connectivity index (χ1) is 12.9. The fourth-order valence-electron chi connectivity index (χ4n) is 3.20. The number of halogens is 1. The minimum Gasteiger partial charge on any atom is -0.318 e. The number of rotatable bonds is 4. The average Bonchev–Trinajstić information content (AvgIpc) is 2.89. The molecule has 0 spiro atoms. The highest BCUT2D eigenvalue weighted by atomic mass is 35.5. The fourth-order valence-corrected chi connectivity index (χ4v) is 3.39. The van der Waals surface area contributed by atoms with Gasteiger partial charge in [0, 0.05) is 33.2 Å². The Morgan fingerprint density at radius 1 is 1.07 bits per heavy atom. The third kappa shape index (κ3) is 4.12. The summed E-state index contributed by atoms with van der Waals surface area (Å²) in [7, 11) is 0. The fraction of sp³-hybridized carbons (Fsp3) is 0.182. The normalized spacial score (nSPS) is 11.1. The highest BCUT2D eigenvalue weighted by molar-refractivity contribution is 6.30. The van der Waals surface area contributed by atoms with Crippen molar-refractivity contribution < 1.29 is 4.79 Å². The Kier molecular flexibility index (Phi) is 5.47. The summed E-state index contributed by atoms with van der Waals surface area (Å²) in [6, 6.07) is 15.2. The van der Waals surface area contributed by atoms with Crippen molar-refractivity contribution in [1.82, 2.24) is 9.99 Å². The molecule has 138 valence electrons.